The molecule has 0 saturated carbocycles. The van der Waals surface area contributed by atoms with Gasteiger partial charge in [-0.05, 0) is 22.6 Å². The fourth-order valence-corrected chi connectivity index (χ4v) is 6.71. The van der Waals surface area contributed by atoms with Crippen molar-refractivity contribution in [3.63, 3.8) is 0 Å². The van der Waals surface area contributed by atoms with Crippen LogP contribution in [-0.4, -0.2) is 19.6 Å². The number of hydrogen-bond donors (Lipinski definition) is 0. The summed E-state index contributed by atoms with van der Waals surface area (Å²) in [4.78, 5) is 10.0. The lowest BCUT2D eigenvalue weighted by Crippen LogP contribution is -2.00. The number of pyridine rings is 1. The number of aromatic nitrogens is 4. The molecule has 4 heteroatoms. The van der Waals surface area contributed by atoms with Crippen LogP contribution in [0.1, 0.15) is 0 Å². The molecule has 0 spiro atoms. The van der Waals surface area contributed by atoms with E-state index in [-0.39, 0.29) is 0 Å². The minimum Gasteiger partial charge on any atom is -0.231 e. The largest absolute Gasteiger partial charge is 0.231 e. The van der Waals surface area contributed by atoms with Crippen molar-refractivity contribution in [3.8, 4) is 56.2 Å². The second-order valence-corrected chi connectivity index (χ2v) is 11.7. The lowest BCUT2D eigenvalue weighted by atomic mass is 9.91. The SMILES string of the molecule is c1ccc(-c2nc(-c3ccc(-c4c(-c5ccccc5)n5ncc(-c6ccccc6)c5c5ccccc45)cc3)c3ccccc3n2)cc1. The van der Waals surface area contributed by atoms with Gasteiger partial charge in [0.05, 0.1) is 28.6 Å². The van der Waals surface area contributed by atoms with Crippen LogP contribution in [0, 0.1) is 0 Å². The molecule has 0 fully saturated rings. The van der Waals surface area contributed by atoms with Crippen LogP contribution in [0.5, 0.6) is 0 Å². The Morgan fingerprint density at radius 1 is 0.404 bits per heavy atom. The highest BCUT2D eigenvalue weighted by Crippen LogP contribution is 2.43. The van der Waals surface area contributed by atoms with Gasteiger partial charge in [-0.25, -0.2) is 14.5 Å². The molecule has 0 aliphatic heterocycles. The zero-order valence-corrected chi connectivity index (χ0v) is 25.5. The monoisotopic (exact) mass is 600 g/mol. The Kier molecular flexibility index (Phi) is 6.43. The average Bonchev–Trinajstić information content (AvgIpc) is 3.60. The molecule has 0 saturated heterocycles. The second kappa shape index (κ2) is 11.2. The summed E-state index contributed by atoms with van der Waals surface area (Å²) < 4.78 is 2.13. The van der Waals surface area contributed by atoms with E-state index in [1.54, 1.807) is 0 Å². The first-order chi connectivity index (χ1) is 23.3. The van der Waals surface area contributed by atoms with Gasteiger partial charge in [-0.2, -0.15) is 5.10 Å². The Hall–Kier alpha value is -6.39. The van der Waals surface area contributed by atoms with Gasteiger partial charge in [-0.1, -0.05) is 158 Å². The van der Waals surface area contributed by atoms with Gasteiger partial charge < -0.3 is 0 Å². The zero-order valence-electron chi connectivity index (χ0n) is 25.5. The van der Waals surface area contributed by atoms with Crippen LogP contribution in [-0.2, 0) is 0 Å². The van der Waals surface area contributed by atoms with E-state index < -0.39 is 0 Å². The molecule has 0 aliphatic rings. The van der Waals surface area contributed by atoms with Crippen LogP contribution in [0.2, 0.25) is 0 Å². The smallest absolute Gasteiger partial charge is 0.160 e. The Balaban J connectivity index is 1.28. The van der Waals surface area contributed by atoms with Crippen molar-refractivity contribution in [2.24, 2.45) is 0 Å². The van der Waals surface area contributed by atoms with Crippen molar-refractivity contribution in [3.05, 3.63) is 170 Å². The lowest BCUT2D eigenvalue weighted by Gasteiger charge is -2.18. The number of nitrogens with zero attached hydrogens (tertiary/aromatic N) is 4. The molecule has 3 heterocycles. The van der Waals surface area contributed by atoms with E-state index in [1.165, 1.54) is 5.39 Å². The van der Waals surface area contributed by atoms with Gasteiger partial charge in [-0.3, -0.25) is 0 Å². The molecule has 0 atom stereocenters. The fraction of sp³-hybridized carbons (Fsp3) is 0. The highest BCUT2D eigenvalue weighted by atomic mass is 15.2. The minimum atomic E-state index is 0.721. The highest BCUT2D eigenvalue weighted by Gasteiger charge is 2.21. The van der Waals surface area contributed by atoms with Crippen LogP contribution in [0.4, 0.5) is 0 Å². The van der Waals surface area contributed by atoms with E-state index in [0.29, 0.717) is 0 Å². The predicted octanol–water partition coefficient (Wildman–Crippen LogP) is 10.8. The maximum Gasteiger partial charge on any atom is 0.160 e. The van der Waals surface area contributed by atoms with E-state index in [1.807, 2.05) is 36.5 Å². The van der Waals surface area contributed by atoms with Crippen molar-refractivity contribution < 1.29 is 0 Å². The second-order valence-electron chi connectivity index (χ2n) is 11.7. The third-order valence-electron chi connectivity index (χ3n) is 8.88. The molecule has 6 aromatic carbocycles. The van der Waals surface area contributed by atoms with Gasteiger partial charge >= 0.3 is 0 Å². The first-order valence-corrected chi connectivity index (χ1v) is 15.8. The Morgan fingerprint density at radius 2 is 0.957 bits per heavy atom. The average molecular weight is 601 g/mol. The van der Waals surface area contributed by atoms with Gasteiger partial charge in [0.2, 0.25) is 0 Å². The topological polar surface area (TPSA) is 43.1 Å². The fourth-order valence-electron chi connectivity index (χ4n) is 6.71. The summed E-state index contributed by atoms with van der Waals surface area (Å²) in [5, 5.41) is 8.42. The Morgan fingerprint density at radius 3 is 1.66 bits per heavy atom. The molecule has 0 unspecified atom stereocenters. The van der Waals surface area contributed by atoms with Crippen LogP contribution >= 0.6 is 0 Å². The van der Waals surface area contributed by atoms with Gasteiger partial charge in [0.25, 0.3) is 0 Å². The van der Waals surface area contributed by atoms with Gasteiger partial charge in [0.15, 0.2) is 5.82 Å². The molecule has 0 N–H and O–H groups in total. The molecule has 0 radical (unpaired) electrons. The van der Waals surface area contributed by atoms with E-state index in [9.17, 15) is 0 Å². The zero-order chi connectivity index (χ0) is 31.2. The lowest BCUT2D eigenvalue weighted by molar-refractivity contribution is 0.976. The van der Waals surface area contributed by atoms with Gasteiger partial charge in [0, 0.05) is 38.6 Å². The third-order valence-corrected chi connectivity index (χ3v) is 8.88. The molecular formula is C43H28N4. The summed E-state index contributed by atoms with van der Waals surface area (Å²) in [5.41, 5.74) is 11.7. The Labute approximate surface area is 272 Å². The van der Waals surface area contributed by atoms with Crippen molar-refractivity contribution in [2.75, 3.05) is 0 Å². The molecule has 4 nitrogen and oxygen atoms in total. The van der Waals surface area contributed by atoms with Crippen LogP contribution in [0.25, 0.3) is 83.3 Å². The summed E-state index contributed by atoms with van der Waals surface area (Å²) in [6.45, 7) is 0. The maximum atomic E-state index is 5.11. The third kappa shape index (κ3) is 4.58. The molecule has 3 aromatic heterocycles. The molecule has 0 bridgehead atoms. The predicted molar refractivity (Wildman–Crippen MR) is 193 cm³/mol. The maximum absolute atomic E-state index is 5.11. The van der Waals surface area contributed by atoms with E-state index >= 15 is 0 Å². The molecule has 9 aromatic rings. The van der Waals surface area contributed by atoms with Crippen LogP contribution < -0.4 is 0 Å². The van der Waals surface area contributed by atoms with Gasteiger partial charge in [-0.15, -0.1) is 0 Å². The number of para-hydroxylation sites is 1. The quantitative estimate of drug-likeness (QED) is 0.197. The normalized spacial score (nSPS) is 11.4. The van der Waals surface area contributed by atoms with Crippen molar-refractivity contribution in [2.45, 2.75) is 0 Å². The van der Waals surface area contributed by atoms with Gasteiger partial charge in [0.1, 0.15) is 0 Å². The highest BCUT2D eigenvalue weighted by molar-refractivity contribution is 6.13. The summed E-state index contributed by atoms with van der Waals surface area (Å²) in [5.74, 6) is 0.721. The van der Waals surface area contributed by atoms with Crippen molar-refractivity contribution in [1.29, 1.82) is 0 Å². The number of hydrogen-bond acceptors (Lipinski definition) is 3. The Bertz CT molecular complexity index is 2540. The number of fused-ring (bicyclic) bond motifs is 4. The minimum absolute atomic E-state index is 0.721. The molecular weight excluding hydrogens is 573 g/mol. The van der Waals surface area contributed by atoms with Crippen molar-refractivity contribution >= 4 is 27.2 Å². The first kappa shape index (κ1) is 27.0. The van der Waals surface area contributed by atoms with Crippen LogP contribution in [0.3, 0.4) is 0 Å². The summed E-state index contributed by atoms with van der Waals surface area (Å²) >= 11 is 0. The molecule has 220 valence electrons. The summed E-state index contributed by atoms with van der Waals surface area (Å²) in [6.07, 6.45) is 2.00. The van der Waals surface area contributed by atoms with E-state index in [4.69, 9.17) is 15.1 Å². The standard InChI is InChI=1S/C43H28N4/c1-4-14-29(15-5-1)37-28-44-47-41(32-16-6-2-7-17-32)39(34-20-10-11-21-35(34)42(37)47)30-24-26-31(27-25-30)40-36-22-12-13-23-38(36)45-43(46-40)33-18-8-3-9-19-33/h1-28H. The van der Waals surface area contributed by atoms with Crippen molar-refractivity contribution in [1.82, 2.24) is 19.6 Å². The first-order valence-electron chi connectivity index (χ1n) is 15.8. The molecule has 9 rings (SSSR count). The molecule has 0 aliphatic carbocycles. The number of rotatable bonds is 5. The summed E-state index contributed by atoms with van der Waals surface area (Å²) in [6, 6.07) is 57.0. The van der Waals surface area contributed by atoms with E-state index in [2.05, 4.69) is 138 Å². The molecule has 47 heavy (non-hydrogen) atoms. The van der Waals surface area contributed by atoms with Crippen LogP contribution in [0.15, 0.2) is 170 Å². The molecule has 0 amide bonds. The summed E-state index contributed by atoms with van der Waals surface area (Å²) in [7, 11) is 0. The number of benzene rings is 6. The van der Waals surface area contributed by atoms with E-state index in [0.717, 1.165) is 78.0 Å².